The molecule has 12 aromatic rings. The van der Waals surface area contributed by atoms with E-state index in [0.717, 1.165) is 105 Å². The Morgan fingerprint density at radius 2 is 0.789 bits per heavy atom. The Balaban J connectivity index is 1.05. The predicted octanol–water partition coefficient (Wildman–Crippen LogP) is 13.9. The highest BCUT2D eigenvalue weighted by Crippen LogP contribution is 2.44. The summed E-state index contributed by atoms with van der Waals surface area (Å²) in [7, 11) is 0. The van der Waals surface area contributed by atoms with Gasteiger partial charge in [0.15, 0.2) is 17.5 Å². The Labute approximate surface area is 325 Å². The largest absolute Gasteiger partial charge is 0.456 e. The van der Waals surface area contributed by atoms with Crippen LogP contribution in [-0.2, 0) is 0 Å². The van der Waals surface area contributed by atoms with Gasteiger partial charge in [-0.1, -0.05) is 133 Å². The molecule has 0 N–H and O–H groups in total. The lowest BCUT2D eigenvalue weighted by Gasteiger charge is -2.10. The van der Waals surface area contributed by atoms with Crippen LogP contribution in [0.25, 0.3) is 122 Å². The topological polar surface area (TPSA) is 78.1 Å². The first-order valence-corrected chi connectivity index (χ1v) is 18.9. The van der Waals surface area contributed by atoms with Gasteiger partial charge in [-0.25, -0.2) is 15.0 Å². The maximum Gasteiger partial charge on any atom is 0.164 e. The summed E-state index contributed by atoms with van der Waals surface area (Å²) >= 11 is 0. The number of hydrogen-bond donors (Lipinski definition) is 0. The highest BCUT2D eigenvalue weighted by atomic mass is 16.3. The fraction of sp³-hybridized carbons (Fsp3) is 0. The molecule has 6 heteroatoms. The number of fused-ring (bicyclic) bond motifs is 9. The molecule has 0 fully saturated rings. The molecule has 0 saturated heterocycles. The minimum Gasteiger partial charge on any atom is -0.456 e. The van der Waals surface area contributed by atoms with Crippen molar-refractivity contribution in [3.05, 3.63) is 176 Å². The summed E-state index contributed by atoms with van der Waals surface area (Å²) in [5, 5.41) is 6.08. The molecule has 6 nitrogen and oxygen atoms in total. The van der Waals surface area contributed by atoms with E-state index >= 15 is 0 Å². The van der Waals surface area contributed by atoms with Gasteiger partial charge in [-0.2, -0.15) is 0 Å². The summed E-state index contributed by atoms with van der Waals surface area (Å²) < 4.78 is 19.5. The minimum atomic E-state index is 0.557. The second-order valence-electron chi connectivity index (χ2n) is 14.3. The van der Waals surface area contributed by atoms with E-state index in [1.807, 2.05) is 91.0 Å². The minimum absolute atomic E-state index is 0.557. The van der Waals surface area contributed by atoms with Crippen molar-refractivity contribution in [1.29, 1.82) is 0 Å². The third-order valence-electron chi connectivity index (χ3n) is 11.0. The number of hydrogen-bond acceptors (Lipinski definition) is 6. The number of rotatable bonds is 5. The van der Waals surface area contributed by atoms with E-state index in [1.54, 1.807) is 0 Å². The lowest BCUT2D eigenvalue weighted by Crippen LogP contribution is -2.00. The third kappa shape index (κ3) is 4.94. The zero-order valence-corrected chi connectivity index (χ0v) is 30.3. The molecular formula is C51H29N3O3. The van der Waals surface area contributed by atoms with Crippen molar-refractivity contribution in [2.45, 2.75) is 0 Å². The SMILES string of the molecule is c1ccc(-c2nc(-c3cccc4oc5ccccc5c34)nc(-c3cccc4oc5cc(-c6ccc(-c7ccccc7)c7c6oc6ccccc67)ccc5c34)n2)cc1. The second-order valence-corrected chi connectivity index (χ2v) is 14.3. The van der Waals surface area contributed by atoms with Crippen LogP contribution < -0.4 is 0 Å². The van der Waals surface area contributed by atoms with E-state index in [-0.39, 0.29) is 0 Å². The van der Waals surface area contributed by atoms with Crippen molar-refractivity contribution in [2.24, 2.45) is 0 Å². The van der Waals surface area contributed by atoms with Crippen LogP contribution in [0.2, 0.25) is 0 Å². The maximum absolute atomic E-state index is 6.65. The molecule has 0 bridgehead atoms. The number of nitrogens with zero attached hydrogens (tertiary/aromatic N) is 3. The monoisotopic (exact) mass is 731 g/mol. The molecule has 0 spiro atoms. The Bertz CT molecular complexity index is 3530. The van der Waals surface area contributed by atoms with E-state index in [2.05, 4.69) is 84.9 Å². The van der Waals surface area contributed by atoms with Gasteiger partial charge in [-0.3, -0.25) is 0 Å². The van der Waals surface area contributed by atoms with Gasteiger partial charge in [-0.05, 0) is 59.2 Å². The number of furan rings is 3. The van der Waals surface area contributed by atoms with Crippen molar-refractivity contribution in [3.63, 3.8) is 0 Å². The molecule has 4 heterocycles. The smallest absolute Gasteiger partial charge is 0.164 e. The summed E-state index contributed by atoms with van der Waals surface area (Å²) in [4.78, 5) is 15.4. The summed E-state index contributed by atoms with van der Waals surface area (Å²) in [5.41, 5.74) is 11.7. The Hall–Kier alpha value is -7.83. The fourth-order valence-electron chi connectivity index (χ4n) is 8.39. The molecule has 0 unspecified atom stereocenters. The van der Waals surface area contributed by atoms with E-state index < -0.39 is 0 Å². The fourth-order valence-corrected chi connectivity index (χ4v) is 8.39. The van der Waals surface area contributed by atoms with Gasteiger partial charge in [0.2, 0.25) is 0 Å². The van der Waals surface area contributed by atoms with Gasteiger partial charge in [-0.15, -0.1) is 0 Å². The van der Waals surface area contributed by atoms with Gasteiger partial charge in [0, 0.05) is 54.6 Å². The van der Waals surface area contributed by atoms with Crippen LogP contribution in [0.5, 0.6) is 0 Å². The molecule has 0 aliphatic rings. The Morgan fingerprint density at radius 3 is 1.47 bits per heavy atom. The van der Waals surface area contributed by atoms with Crippen molar-refractivity contribution in [3.8, 4) is 56.4 Å². The predicted molar refractivity (Wildman–Crippen MR) is 229 cm³/mol. The van der Waals surface area contributed by atoms with Crippen molar-refractivity contribution < 1.29 is 13.3 Å². The molecule has 0 radical (unpaired) electrons. The zero-order valence-electron chi connectivity index (χ0n) is 30.3. The molecular weight excluding hydrogens is 703 g/mol. The molecule has 0 amide bonds. The maximum atomic E-state index is 6.65. The van der Waals surface area contributed by atoms with Crippen LogP contribution in [0.15, 0.2) is 189 Å². The average Bonchev–Trinajstić information content (AvgIpc) is 3.98. The van der Waals surface area contributed by atoms with E-state index in [9.17, 15) is 0 Å². The molecule has 57 heavy (non-hydrogen) atoms. The Kier molecular flexibility index (Phi) is 6.83. The molecule has 4 aromatic heterocycles. The first-order chi connectivity index (χ1) is 28.2. The van der Waals surface area contributed by atoms with Crippen LogP contribution in [-0.4, -0.2) is 15.0 Å². The van der Waals surface area contributed by atoms with E-state index in [4.69, 9.17) is 28.2 Å². The zero-order chi connectivity index (χ0) is 37.5. The van der Waals surface area contributed by atoms with Crippen molar-refractivity contribution in [1.82, 2.24) is 15.0 Å². The van der Waals surface area contributed by atoms with Crippen LogP contribution in [0.4, 0.5) is 0 Å². The van der Waals surface area contributed by atoms with E-state index in [0.29, 0.717) is 17.5 Å². The molecule has 0 aliphatic carbocycles. The van der Waals surface area contributed by atoms with Gasteiger partial charge in [0.25, 0.3) is 0 Å². The van der Waals surface area contributed by atoms with Crippen LogP contribution in [0, 0.1) is 0 Å². The number of benzene rings is 8. The highest BCUT2D eigenvalue weighted by Gasteiger charge is 2.22. The molecule has 12 rings (SSSR count). The lowest BCUT2D eigenvalue weighted by atomic mass is 9.94. The molecule has 0 aliphatic heterocycles. The lowest BCUT2D eigenvalue weighted by molar-refractivity contribution is 0.668. The first kappa shape index (κ1) is 31.5. The molecule has 0 atom stereocenters. The standard InChI is InChI=1S/C51H29N3O3/c1-3-13-30(14-4-1)33-27-28-34(48-47(33)36-18-8-10-22-41(36)57-48)32-25-26-37-44(29-32)56-43-24-12-20-39(46(37)43)51-53-49(31-15-5-2-6-16-31)52-50(54-51)38-19-11-23-42-45(38)35-17-7-9-21-40(35)55-42/h1-29H. The average molecular weight is 732 g/mol. The van der Waals surface area contributed by atoms with Crippen molar-refractivity contribution in [2.75, 3.05) is 0 Å². The second kappa shape index (κ2) is 12.3. The van der Waals surface area contributed by atoms with Crippen molar-refractivity contribution >= 4 is 65.8 Å². The first-order valence-electron chi connectivity index (χ1n) is 18.9. The summed E-state index contributed by atoms with van der Waals surface area (Å²) in [6, 6.07) is 59.7. The van der Waals surface area contributed by atoms with Gasteiger partial charge >= 0.3 is 0 Å². The van der Waals surface area contributed by atoms with E-state index in [1.165, 1.54) is 0 Å². The van der Waals surface area contributed by atoms with Gasteiger partial charge in [0.1, 0.15) is 33.5 Å². The quantitative estimate of drug-likeness (QED) is 0.175. The van der Waals surface area contributed by atoms with Crippen LogP contribution in [0.3, 0.4) is 0 Å². The number of aromatic nitrogens is 3. The molecule has 266 valence electrons. The molecule has 0 saturated carbocycles. The summed E-state index contributed by atoms with van der Waals surface area (Å²) in [6.45, 7) is 0. The third-order valence-corrected chi connectivity index (χ3v) is 11.0. The van der Waals surface area contributed by atoms with Crippen LogP contribution >= 0.6 is 0 Å². The summed E-state index contributed by atoms with van der Waals surface area (Å²) in [6.07, 6.45) is 0. The molecule has 8 aromatic carbocycles. The van der Waals surface area contributed by atoms with Crippen LogP contribution in [0.1, 0.15) is 0 Å². The number of para-hydroxylation sites is 2. The van der Waals surface area contributed by atoms with Gasteiger partial charge in [0.05, 0.1) is 0 Å². The highest BCUT2D eigenvalue weighted by molar-refractivity contribution is 6.18. The normalized spacial score (nSPS) is 11.9. The van der Waals surface area contributed by atoms with Gasteiger partial charge < -0.3 is 13.3 Å². The Morgan fingerprint density at radius 1 is 0.281 bits per heavy atom. The summed E-state index contributed by atoms with van der Waals surface area (Å²) in [5.74, 6) is 1.71.